The van der Waals surface area contributed by atoms with Gasteiger partial charge in [0.15, 0.2) is 0 Å². The van der Waals surface area contributed by atoms with Gasteiger partial charge in [-0.3, -0.25) is 4.90 Å². The van der Waals surface area contributed by atoms with Crippen LogP contribution in [0, 0.1) is 0 Å². The van der Waals surface area contributed by atoms with Crippen molar-refractivity contribution in [3.05, 3.63) is 20.8 Å². The molecule has 0 spiro atoms. The molecule has 68 valence electrons. The first kappa shape index (κ1) is 10.2. The molecule has 0 fully saturated rings. The van der Waals surface area contributed by atoms with Gasteiger partial charge in [-0.25, -0.2) is 0 Å². The van der Waals surface area contributed by atoms with E-state index in [0.717, 1.165) is 13.0 Å². The van der Waals surface area contributed by atoms with Crippen LogP contribution in [0.25, 0.3) is 0 Å². The van der Waals surface area contributed by atoms with Crippen LogP contribution in [0.1, 0.15) is 4.88 Å². The van der Waals surface area contributed by atoms with Crippen LogP contribution in [0.15, 0.2) is 15.9 Å². The Balaban J connectivity index is 2.33. The monoisotopic (exact) mass is 248 g/mol. The van der Waals surface area contributed by atoms with Crippen molar-refractivity contribution in [3.63, 3.8) is 0 Å². The Bertz CT molecular complexity index is 237. The van der Waals surface area contributed by atoms with Crippen LogP contribution in [-0.2, 0) is 6.42 Å². The van der Waals surface area contributed by atoms with Crippen molar-refractivity contribution >= 4 is 27.3 Å². The summed E-state index contributed by atoms with van der Waals surface area (Å²) in [7, 11) is 2.03. The van der Waals surface area contributed by atoms with E-state index in [9.17, 15) is 0 Å². The van der Waals surface area contributed by atoms with Gasteiger partial charge in [0, 0.05) is 27.9 Å². The number of rotatable bonds is 4. The molecule has 0 saturated carbocycles. The van der Waals surface area contributed by atoms with Crippen LogP contribution < -0.4 is 5.73 Å². The molecule has 1 aromatic rings. The fraction of sp³-hybridized carbons (Fsp3) is 0.500. The molecule has 0 aliphatic carbocycles. The molecule has 1 heterocycles. The predicted molar refractivity (Wildman–Crippen MR) is 57.4 cm³/mol. The topological polar surface area (TPSA) is 29.3 Å². The zero-order chi connectivity index (χ0) is 8.97. The van der Waals surface area contributed by atoms with Crippen LogP contribution >= 0.6 is 27.3 Å². The molecule has 4 heteroatoms. The lowest BCUT2D eigenvalue weighted by Crippen LogP contribution is -2.27. The zero-order valence-electron chi connectivity index (χ0n) is 7.09. The first-order valence-electron chi connectivity index (χ1n) is 3.84. The highest BCUT2D eigenvalue weighted by atomic mass is 79.9. The summed E-state index contributed by atoms with van der Waals surface area (Å²) in [6.07, 6.45) is 1.09. The van der Waals surface area contributed by atoms with E-state index >= 15 is 0 Å². The van der Waals surface area contributed by atoms with Gasteiger partial charge in [-0.1, -0.05) is 0 Å². The summed E-state index contributed by atoms with van der Waals surface area (Å²) in [6.45, 7) is 1.66. The molecule has 2 nitrogen and oxygen atoms in total. The third-order valence-electron chi connectivity index (χ3n) is 1.67. The molecule has 0 atom stereocenters. The summed E-state index contributed by atoms with van der Waals surface area (Å²) < 4.78 is 1.18. The Morgan fingerprint density at radius 1 is 1.67 bits per heavy atom. The summed E-state index contributed by atoms with van der Waals surface area (Å²) in [4.78, 5) is 3.51. The Hall–Kier alpha value is 0.1000. The van der Waals surface area contributed by atoms with Crippen molar-refractivity contribution in [2.45, 2.75) is 6.42 Å². The molecular formula is C8H13BrN2S. The minimum Gasteiger partial charge on any atom is -0.318 e. The highest BCUT2D eigenvalue weighted by Crippen LogP contribution is 2.19. The van der Waals surface area contributed by atoms with E-state index in [-0.39, 0.29) is 0 Å². The highest BCUT2D eigenvalue weighted by Gasteiger charge is 1.99. The minimum atomic E-state index is 0.631. The summed E-state index contributed by atoms with van der Waals surface area (Å²) in [5.74, 6) is 0. The van der Waals surface area contributed by atoms with Gasteiger partial charge in [-0.05, 0) is 35.5 Å². The number of halogens is 1. The van der Waals surface area contributed by atoms with Crippen molar-refractivity contribution in [3.8, 4) is 0 Å². The molecule has 0 aromatic carbocycles. The lowest BCUT2D eigenvalue weighted by atomic mass is 10.3. The van der Waals surface area contributed by atoms with Crippen molar-refractivity contribution in [2.75, 3.05) is 20.3 Å². The Labute approximate surface area is 85.5 Å². The number of nitrogens with zero attached hydrogens (tertiary/aromatic N) is 1. The van der Waals surface area contributed by atoms with E-state index in [2.05, 4.69) is 32.3 Å². The quantitative estimate of drug-likeness (QED) is 0.826. The molecule has 1 rings (SSSR count). The largest absolute Gasteiger partial charge is 0.318 e. The molecule has 12 heavy (non-hydrogen) atoms. The Kier molecular flexibility index (Phi) is 4.21. The van der Waals surface area contributed by atoms with Gasteiger partial charge in [-0.15, -0.1) is 11.3 Å². The first-order valence-corrected chi connectivity index (χ1v) is 5.51. The van der Waals surface area contributed by atoms with Crippen LogP contribution in [0.5, 0.6) is 0 Å². The maximum atomic E-state index is 5.46. The van der Waals surface area contributed by atoms with E-state index in [1.807, 2.05) is 7.05 Å². The lowest BCUT2D eigenvalue weighted by Gasteiger charge is -2.11. The average Bonchev–Trinajstić information content (AvgIpc) is 2.47. The van der Waals surface area contributed by atoms with Crippen molar-refractivity contribution in [1.82, 2.24) is 4.90 Å². The minimum absolute atomic E-state index is 0.631. The smallest absolute Gasteiger partial charge is 0.0452 e. The molecule has 0 saturated heterocycles. The molecule has 0 radical (unpaired) electrons. The van der Waals surface area contributed by atoms with E-state index in [1.165, 1.54) is 9.35 Å². The molecule has 0 unspecified atom stereocenters. The zero-order valence-corrected chi connectivity index (χ0v) is 9.49. The second-order valence-corrected chi connectivity index (χ2v) is 4.65. The third kappa shape index (κ3) is 3.23. The summed E-state index contributed by atoms with van der Waals surface area (Å²) >= 11 is 5.22. The molecule has 1 aromatic heterocycles. The van der Waals surface area contributed by atoms with E-state index in [1.54, 1.807) is 11.3 Å². The second-order valence-electron chi connectivity index (χ2n) is 2.74. The predicted octanol–water partition coefficient (Wildman–Crippen LogP) is 1.90. The number of nitrogens with two attached hydrogens (primary N) is 1. The normalized spacial score (nSPS) is 11.0. The van der Waals surface area contributed by atoms with E-state index in [0.29, 0.717) is 6.67 Å². The van der Waals surface area contributed by atoms with Crippen LogP contribution in [0.3, 0.4) is 0 Å². The average molecular weight is 249 g/mol. The van der Waals surface area contributed by atoms with Crippen LogP contribution in [-0.4, -0.2) is 25.2 Å². The summed E-state index contributed by atoms with van der Waals surface area (Å²) in [5, 5.41) is 2.11. The van der Waals surface area contributed by atoms with Gasteiger partial charge in [0.2, 0.25) is 0 Å². The van der Waals surface area contributed by atoms with E-state index < -0.39 is 0 Å². The van der Waals surface area contributed by atoms with Gasteiger partial charge in [0.05, 0.1) is 0 Å². The molecule has 0 aliphatic rings. The molecule has 0 amide bonds. The van der Waals surface area contributed by atoms with Crippen molar-refractivity contribution in [2.24, 2.45) is 5.73 Å². The third-order valence-corrected chi connectivity index (χ3v) is 3.43. The van der Waals surface area contributed by atoms with Gasteiger partial charge in [-0.2, -0.15) is 0 Å². The highest BCUT2D eigenvalue weighted by molar-refractivity contribution is 9.10. The Morgan fingerprint density at radius 2 is 2.42 bits per heavy atom. The number of hydrogen-bond acceptors (Lipinski definition) is 3. The fourth-order valence-electron chi connectivity index (χ4n) is 0.877. The molecular weight excluding hydrogens is 236 g/mol. The lowest BCUT2D eigenvalue weighted by molar-refractivity contribution is 0.350. The number of hydrogen-bond donors (Lipinski definition) is 1. The fourth-order valence-corrected chi connectivity index (χ4v) is 2.32. The summed E-state index contributed by atoms with van der Waals surface area (Å²) in [5.41, 5.74) is 5.46. The summed E-state index contributed by atoms with van der Waals surface area (Å²) in [6, 6.07) is 2.16. The second kappa shape index (κ2) is 4.97. The maximum Gasteiger partial charge on any atom is 0.0452 e. The van der Waals surface area contributed by atoms with Crippen LogP contribution in [0.2, 0.25) is 0 Å². The van der Waals surface area contributed by atoms with E-state index in [4.69, 9.17) is 5.73 Å². The van der Waals surface area contributed by atoms with Gasteiger partial charge >= 0.3 is 0 Å². The van der Waals surface area contributed by atoms with Gasteiger partial charge < -0.3 is 5.73 Å². The maximum absolute atomic E-state index is 5.46. The number of thiophene rings is 1. The molecule has 0 bridgehead atoms. The van der Waals surface area contributed by atoms with Crippen molar-refractivity contribution in [1.29, 1.82) is 0 Å². The van der Waals surface area contributed by atoms with Gasteiger partial charge in [0.1, 0.15) is 0 Å². The van der Waals surface area contributed by atoms with Gasteiger partial charge in [0.25, 0.3) is 0 Å². The number of likely N-dealkylation sites (N-methyl/N-ethyl adjacent to an activating group) is 1. The van der Waals surface area contributed by atoms with Crippen molar-refractivity contribution < 1.29 is 0 Å². The van der Waals surface area contributed by atoms with Crippen LogP contribution in [0.4, 0.5) is 0 Å². The molecule has 0 aliphatic heterocycles. The Morgan fingerprint density at radius 3 is 2.92 bits per heavy atom. The molecule has 2 N–H and O–H groups in total. The SMILES string of the molecule is CN(CN)CCc1cc(Br)cs1. The standard InChI is InChI=1S/C8H13BrN2S/c1-11(6-10)3-2-8-4-7(9)5-12-8/h4-5H,2-3,6,10H2,1H3. The first-order chi connectivity index (χ1) is 5.72.